The molecule has 9 heteroatoms. The summed E-state index contributed by atoms with van der Waals surface area (Å²) >= 11 is 1.19. The molecule has 1 aliphatic heterocycles. The monoisotopic (exact) mass is 514 g/mol. The second kappa shape index (κ2) is 9.87. The minimum absolute atomic E-state index is 0.118. The van der Waals surface area contributed by atoms with Crippen molar-refractivity contribution in [1.82, 2.24) is 4.57 Å². The summed E-state index contributed by atoms with van der Waals surface area (Å²) in [5.74, 6) is -0.812. The van der Waals surface area contributed by atoms with Crippen LogP contribution in [0, 0.1) is 0 Å². The van der Waals surface area contributed by atoms with E-state index in [0.717, 1.165) is 5.56 Å². The van der Waals surface area contributed by atoms with E-state index in [1.807, 2.05) is 30.3 Å². The van der Waals surface area contributed by atoms with Crippen molar-refractivity contribution in [2.24, 2.45) is 4.99 Å². The topological polar surface area (TPSA) is 111 Å². The van der Waals surface area contributed by atoms with E-state index in [-0.39, 0.29) is 17.7 Å². The van der Waals surface area contributed by atoms with Crippen molar-refractivity contribution in [2.45, 2.75) is 19.9 Å². The molecule has 0 spiro atoms. The first-order chi connectivity index (χ1) is 17.9. The Kier molecular flexibility index (Phi) is 6.45. The van der Waals surface area contributed by atoms with E-state index in [0.29, 0.717) is 37.7 Å². The molecular weight excluding hydrogens is 492 g/mol. The standard InChI is InChI=1S/C28H22N2O6S/c1-3-35-27(34)23-16(2)29-28-30(24(23)17-9-5-4-6-10-17)25(31)22(37-28)15-18-13-14-21(36-18)19-11-7-8-12-20(19)26(32)33/h4-15,24H,3H2,1-2H3,(H,32,33)/b22-15-/t24-/m1/s1. The van der Waals surface area contributed by atoms with Gasteiger partial charge in [-0.1, -0.05) is 59.9 Å². The lowest BCUT2D eigenvalue weighted by molar-refractivity contribution is -0.139. The molecule has 0 saturated carbocycles. The molecule has 2 aromatic heterocycles. The van der Waals surface area contributed by atoms with Crippen LogP contribution in [0.25, 0.3) is 17.4 Å². The van der Waals surface area contributed by atoms with Gasteiger partial charge < -0.3 is 14.3 Å². The average molecular weight is 515 g/mol. The lowest BCUT2D eigenvalue weighted by Gasteiger charge is -2.24. The molecule has 0 aliphatic carbocycles. The van der Waals surface area contributed by atoms with Crippen LogP contribution in [0.15, 0.2) is 92.2 Å². The number of thiazole rings is 1. The van der Waals surface area contributed by atoms with Crippen molar-refractivity contribution in [1.29, 1.82) is 0 Å². The van der Waals surface area contributed by atoms with Crippen LogP contribution in [0.3, 0.4) is 0 Å². The van der Waals surface area contributed by atoms with Crippen LogP contribution in [0.5, 0.6) is 0 Å². The maximum atomic E-state index is 13.6. The molecule has 0 bridgehead atoms. The zero-order valence-corrected chi connectivity index (χ0v) is 20.8. The number of nitrogens with zero attached hydrogens (tertiary/aromatic N) is 2. The van der Waals surface area contributed by atoms with E-state index in [1.165, 1.54) is 22.0 Å². The van der Waals surface area contributed by atoms with Gasteiger partial charge in [-0.05, 0) is 37.6 Å². The third-order valence-electron chi connectivity index (χ3n) is 5.96. The number of ether oxygens (including phenoxy) is 1. The highest BCUT2D eigenvalue weighted by Crippen LogP contribution is 2.30. The quantitative estimate of drug-likeness (QED) is 0.392. The Hall–Kier alpha value is -4.50. The largest absolute Gasteiger partial charge is 0.478 e. The predicted octanol–water partition coefficient (Wildman–Crippen LogP) is 3.76. The molecule has 8 nitrogen and oxygen atoms in total. The zero-order valence-electron chi connectivity index (χ0n) is 20.0. The number of carbonyl (C=O) groups excluding carboxylic acids is 1. The molecule has 1 aliphatic rings. The number of hydrogen-bond donors (Lipinski definition) is 1. The highest BCUT2D eigenvalue weighted by molar-refractivity contribution is 7.07. The van der Waals surface area contributed by atoms with Gasteiger partial charge in [0.05, 0.1) is 34.0 Å². The van der Waals surface area contributed by atoms with E-state index in [4.69, 9.17) is 9.15 Å². The predicted molar refractivity (Wildman–Crippen MR) is 138 cm³/mol. The number of carboxylic acid groups (broad SMARTS) is 1. The number of rotatable bonds is 6. The van der Waals surface area contributed by atoms with E-state index in [2.05, 4.69) is 4.99 Å². The Labute approximate surface area is 215 Å². The molecule has 0 saturated heterocycles. The lowest BCUT2D eigenvalue weighted by Crippen LogP contribution is -2.39. The smallest absolute Gasteiger partial charge is 0.338 e. The van der Waals surface area contributed by atoms with Gasteiger partial charge in [0.15, 0.2) is 4.80 Å². The van der Waals surface area contributed by atoms with Crippen LogP contribution < -0.4 is 14.9 Å². The number of carboxylic acids is 1. The van der Waals surface area contributed by atoms with Crippen LogP contribution in [0.2, 0.25) is 0 Å². The Morgan fingerprint density at radius 1 is 1.11 bits per heavy atom. The molecule has 4 aromatic rings. The highest BCUT2D eigenvalue weighted by atomic mass is 32.1. The normalized spacial score (nSPS) is 15.3. The summed E-state index contributed by atoms with van der Waals surface area (Å²) < 4.78 is 13.1. The van der Waals surface area contributed by atoms with E-state index >= 15 is 0 Å². The molecule has 5 rings (SSSR count). The van der Waals surface area contributed by atoms with Crippen molar-refractivity contribution >= 4 is 29.4 Å². The average Bonchev–Trinajstić information content (AvgIpc) is 3.48. The van der Waals surface area contributed by atoms with Crippen LogP contribution >= 0.6 is 11.3 Å². The first-order valence-corrected chi connectivity index (χ1v) is 12.4. The summed E-state index contributed by atoms with van der Waals surface area (Å²) in [7, 11) is 0. The Bertz CT molecular complexity index is 1730. The number of carbonyl (C=O) groups is 2. The van der Waals surface area contributed by atoms with Crippen LogP contribution in [0.1, 0.15) is 41.6 Å². The van der Waals surface area contributed by atoms with Gasteiger partial charge in [0.25, 0.3) is 5.56 Å². The first-order valence-electron chi connectivity index (χ1n) is 11.6. The molecule has 0 radical (unpaired) electrons. The van der Waals surface area contributed by atoms with Crippen molar-refractivity contribution in [3.63, 3.8) is 0 Å². The molecule has 186 valence electrons. The van der Waals surface area contributed by atoms with Crippen molar-refractivity contribution in [3.8, 4) is 11.3 Å². The van der Waals surface area contributed by atoms with Gasteiger partial charge in [-0.25, -0.2) is 14.6 Å². The molecular formula is C28H22N2O6S. The van der Waals surface area contributed by atoms with Crippen LogP contribution in [-0.2, 0) is 9.53 Å². The van der Waals surface area contributed by atoms with Gasteiger partial charge in [-0.2, -0.15) is 0 Å². The number of allylic oxidation sites excluding steroid dienone is 1. The maximum Gasteiger partial charge on any atom is 0.338 e. The molecule has 3 heterocycles. The summed E-state index contributed by atoms with van der Waals surface area (Å²) in [5.41, 5.74) is 1.81. The molecule has 1 N–H and O–H groups in total. The summed E-state index contributed by atoms with van der Waals surface area (Å²) in [6.07, 6.45) is 1.60. The van der Waals surface area contributed by atoms with Crippen LogP contribution in [0.4, 0.5) is 0 Å². The molecule has 1 atom stereocenters. The molecule has 37 heavy (non-hydrogen) atoms. The summed E-state index contributed by atoms with van der Waals surface area (Å²) in [6, 6.07) is 18.5. The number of aromatic nitrogens is 1. The Morgan fingerprint density at radius 2 is 1.84 bits per heavy atom. The molecule has 0 fully saturated rings. The second-order valence-corrected chi connectivity index (χ2v) is 9.27. The van der Waals surface area contributed by atoms with Crippen molar-refractivity contribution in [3.05, 3.63) is 115 Å². The Morgan fingerprint density at radius 3 is 2.57 bits per heavy atom. The number of aromatic carboxylic acids is 1. The van der Waals surface area contributed by atoms with E-state index in [9.17, 15) is 19.5 Å². The van der Waals surface area contributed by atoms with Gasteiger partial charge in [0, 0.05) is 11.6 Å². The van der Waals surface area contributed by atoms with Gasteiger partial charge in [0.2, 0.25) is 0 Å². The van der Waals surface area contributed by atoms with Gasteiger partial charge >= 0.3 is 11.9 Å². The summed E-state index contributed by atoms with van der Waals surface area (Å²) in [4.78, 5) is 43.2. The number of fused-ring (bicyclic) bond motifs is 1. The van der Waals surface area contributed by atoms with E-state index < -0.39 is 18.0 Å². The van der Waals surface area contributed by atoms with E-state index in [1.54, 1.807) is 50.3 Å². The number of hydrogen-bond acceptors (Lipinski definition) is 7. The number of furan rings is 1. The van der Waals surface area contributed by atoms with Gasteiger partial charge in [-0.3, -0.25) is 9.36 Å². The fraction of sp³-hybridized carbons (Fsp3) is 0.143. The maximum absolute atomic E-state index is 13.6. The highest BCUT2D eigenvalue weighted by Gasteiger charge is 2.33. The van der Waals surface area contributed by atoms with Crippen molar-refractivity contribution in [2.75, 3.05) is 6.61 Å². The summed E-state index contributed by atoms with van der Waals surface area (Å²) in [5, 5.41) is 9.49. The molecule has 0 amide bonds. The molecule has 0 unspecified atom stereocenters. The molecule has 2 aromatic carbocycles. The fourth-order valence-electron chi connectivity index (χ4n) is 4.33. The summed E-state index contributed by atoms with van der Waals surface area (Å²) in [6.45, 7) is 3.67. The first kappa shape index (κ1) is 24.2. The second-order valence-electron chi connectivity index (χ2n) is 8.27. The fourth-order valence-corrected chi connectivity index (χ4v) is 5.36. The van der Waals surface area contributed by atoms with Gasteiger partial charge in [-0.15, -0.1) is 0 Å². The third kappa shape index (κ3) is 4.45. The minimum Gasteiger partial charge on any atom is -0.478 e. The van der Waals surface area contributed by atoms with Crippen LogP contribution in [-0.4, -0.2) is 28.2 Å². The number of esters is 1. The minimum atomic E-state index is -1.06. The number of benzene rings is 2. The lowest BCUT2D eigenvalue weighted by atomic mass is 9.96. The SMILES string of the molecule is CCOC(=O)C1=C(C)N=c2s/c(=C\c3ccc(-c4ccccc4C(=O)O)o3)c(=O)n2[C@@H]1c1ccccc1. The Balaban J connectivity index is 1.63. The van der Waals surface area contributed by atoms with Crippen molar-refractivity contribution < 1.29 is 23.8 Å². The zero-order chi connectivity index (χ0) is 26.1. The third-order valence-corrected chi connectivity index (χ3v) is 6.94. The van der Waals surface area contributed by atoms with Gasteiger partial charge in [0.1, 0.15) is 11.5 Å².